The summed E-state index contributed by atoms with van der Waals surface area (Å²) in [6.07, 6.45) is 2.05. The molecule has 1 saturated heterocycles. The van der Waals surface area contributed by atoms with Gasteiger partial charge in [-0.2, -0.15) is 0 Å². The summed E-state index contributed by atoms with van der Waals surface area (Å²) in [5, 5.41) is 2.89. The Hall–Kier alpha value is -1.75. The lowest BCUT2D eigenvalue weighted by Crippen LogP contribution is -2.45. The zero-order chi connectivity index (χ0) is 17.8. The molecular weight excluding hydrogens is 302 g/mol. The van der Waals surface area contributed by atoms with Crippen LogP contribution in [0, 0.1) is 0 Å². The van der Waals surface area contributed by atoms with E-state index in [0.29, 0.717) is 13.1 Å². The van der Waals surface area contributed by atoms with Crippen LogP contribution in [0.4, 0.5) is 10.5 Å². The Morgan fingerprint density at radius 1 is 1.21 bits per heavy atom. The monoisotopic (exact) mass is 333 g/mol. The van der Waals surface area contributed by atoms with Crippen molar-refractivity contribution in [2.24, 2.45) is 5.73 Å². The van der Waals surface area contributed by atoms with E-state index in [1.807, 2.05) is 26.8 Å². The van der Waals surface area contributed by atoms with Crippen LogP contribution in [0.5, 0.6) is 0 Å². The molecule has 5 nitrogen and oxygen atoms in total. The first-order valence-corrected chi connectivity index (χ1v) is 8.76. The fourth-order valence-electron chi connectivity index (χ4n) is 3.08. The molecule has 0 saturated carbocycles. The molecule has 0 spiro atoms. The molecule has 3 N–H and O–H groups in total. The van der Waals surface area contributed by atoms with Gasteiger partial charge in [-0.15, -0.1) is 0 Å². The fraction of sp³-hybridized carbons (Fsp3) is 0.632. The van der Waals surface area contributed by atoms with Crippen LogP contribution < -0.4 is 16.0 Å². The molecule has 0 aliphatic carbocycles. The van der Waals surface area contributed by atoms with Crippen molar-refractivity contribution < 1.29 is 9.53 Å². The summed E-state index contributed by atoms with van der Waals surface area (Å²) in [7, 11) is 0. The molecule has 1 aromatic carbocycles. The summed E-state index contributed by atoms with van der Waals surface area (Å²) in [6, 6.07) is 8.38. The van der Waals surface area contributed by atoms with Gasteiger partial charge >= 0.3 is 6.09 Å². The minimum Gasteiger partial charge on any atom is -0.444 e. The molecule has 134 valence electrons. The quantitative estimate of drug-likeness (QED) is 0.869. The molecule has 2 rings (SSSR count). The van der Waals surface area contributed by atoms with Crippen LogP contribution in [0.15, 0.2) is 24.3 Å². The van der Waals surface area contributed by atoms with Gasteiger partial charge in [0, 0.05) is 37.3 Å². The second-order valence-corrected chi connectivity index (χ2v) is 7.83. The van der Waals surface area contributed by atoms with E-state index in [1.54, 1.807) is 0 Å². The van der Waals surface area contributed by atoms with Crippen molar-refractivity contribution >= 4 is 11.8 Å². The number of nitrogens with zero attached hydrogens (tertiary/aromatic N) is 1. The van der Waals surface area contributed by atoms with Crippen molar-refractivity contribution in [3.8, 4) is 0 Å². The van der Waals surface area contributed by atoms with Gasteiger partial charge in [0.05, 0.1) is 0 Å². The molecule has 1 aliphatic heterocycles. The van der Waals surface area contributed by atoms with Crippen LogP contribution in [-0.2, 0) is 10.2 Å². The summed E-state index contributed by atoms with van der Waals surface area (Å²) in [5.74, 6) is 0. The van der Waals surface area contributed by atoms with E-state index in [9.17, 15) is 4.79 Å². The predicted octanol–water partition coefficient (Wildman–Crippen LogP) is 3.03. The second-order valence-electron chi connectivity index (χ2n) is 7.83. The van der Waals surface area contributed by atoms with E-state index in [2.05, 4.69) is 35.3 Å². The second kappa shape index (κ2) is 7.43. The van der Waals surface area contributed by atoms with Crippen LogP contribution in [-0.4, -0.2) is 37.9 Å². The zero-order valence-corrected chi connectivity index (χ0v) is 15.4. The van der Waals surface area contributed by atoms with Crippen LogP contribution in [0.2, 0.25) is 0 Å². The molecule has 24 heavy (non-hydrogen) atoms. The standard InChI is InChI=1S/C19H31N3O2/c1-18(2,3)24-17(23)21-14-19(4,13-20)15-9-5-6-10-16(15)22-11-7-8-12-22/h5-6,9-10H,7-8,11-14,20H2,1-4H3,(H,21,23). The fourth-order valence-corrected chi connectivity index (χ4v) is 3.08. The third-order valence-corrected chi connectivity index (χ3v) is 4.47. The van der Waals surface area contributed by atoms with E-state index >= 15 is 0 Å². The number of alkyl carbamates (subject to hydrolysis) is 1. The van der Waals surface area contributed by atoms with E-state index in [4.69, 9.17) is 10.5 Å². The van der Waals surface area contributed by atoms with Crippen LogP contribution in [0.3, 0.4) is 0 Å². The summed E-state index contributed by atoms with van der Waals surface area (Å²) in [4.78, 5) is 14.4. The molecule has 1 aromatic rings. The number of nitrogens with two attached hydrogens (primary N) is 1. The maximum Gasteiger partial charge on any atom is 0.407 e. The Bertz CT molecular complexity index is 562. The lowest BCUT2D eigenvalue weighted by atomic mass is 9.81. The van der Waals surface area contributed by atoms with Gasteiger partial charge in [0.1, 0.15) is 5.60 Å². The largest absolute Gasteiger partial charge is 0.444 e. The lowest BCUT2D eigenvalue weighted by molar-refractivity contribution is 0.0516. The van der Waals surface area contributed by atoms with Crippen LogP contribution in [0.1, 0.15) is 46.1 Å². The highest BCUT2D eigenvalue weighted by Gasteiger charge is 2.31. The molecule has 1 heterocycles. The molecule has 0 radical (unpaired) electrons. The van der Waals surface area contributed by atoms with Gasteiger partial charge in [-0.25, -0.2) is 4.79 Å². The van der Waals surface area contributed by atoms with E-state index in [-0.39, 0.29) is 5.41 Å². The number of nitrogens with one attached hydrogen (secondary N) is 1. The minimum atomic E-state index is -0.503. The lowest BCUT2D eigenvalue weighted by Gasteiger charge is -2.34. The Morgan fingerprint density at radius 2 is 1.83 bits per heavy atom. The molecule has 1 fully saturated rings. The smallest absolute Gasteiger partial charge is 0.407 e. The van der Waals surface area contributed by atoms with Gasteiger partial charge in [0.2, 0.25) is 0 Å². The van der Waals surface area contributed by atoms with Gasteiger partial charge in [-0.1, -0.05) is 25.1 Å². The summed E-state index contributed by atoms with van der Waals surface area (Å²) < 4.78 is 5.34. The van der Waals surface area contributed by atoms with Gasteiger partial charge in [-0.3, -0.25) is 0 Å². The summed E-state index contributed by atoms with van der Waals surface area (Å²) >= 11 is 0. The van der Waals surface area contributed by atoms with Crippen molar-refractivity contribution in [3.63, 3.8) is 0 Å². The first-order valence-electron chi connectivity index (χ1n) is 8.76. The third kappa shape index (κ3) is 4.63. The van der Waals surface area contributed by atoms with Gasteiger partial charge in [0.25, 0.3) is 0 Å². The number of hydrogen-bond donors (Lipinski definition) is 2. The maximum atomic E-state index is 12.0. The first-order chi connectivity index (χ1) is 11.2. The van der Waals surface area contributed by atoms with Crippen LogP contribution >= 0.6 is 0 Å². The Kier molecular flexibility index (Phi) is 5.75. The first kappa shape index (κ1) is 18.6. The number of para-hydroxylation sites is 1. The van der Waals surface area contributed by atoms with Crippen molar-refractivity contribution in [1.29, 1.82) is 0 Å². The highest BCUT2D eigenvalue weighted by atomic mass is 16.6. The van der Waals surface area contributed by atoms with Crippen LogP contribution in [0.25, 0.3) is 0 Å². The van der Waals surface area contributed by atoms with Gasteiger partial charge in [-0.05, 0) is 45.2 Å². The van der Waals surface area contributed by atoms with Gasteiger partial charge in [0.15, 0.2) is 0 Å². The van der Waals surface area contributed by atoms with Crippen molar-refractivity contribution in [2.45, 2.75) is 51.6 Å². The molecule has 1 amide bonds. The number of ether oxygens (including phenoxy) is 1. The average Bonchev–Trinajstić information content (AvgIpc) is 3.05. The minimum absolute atomic E-state index is 0.337. The Labute approximate surface area is 145 Å². The number of carbonyl (C=O) groups is 1. The predicted molar refractivity (Wildman–Crippen MR) is 98.5 cm³/mol. The number of rotatable bonds is 5. The molecule has 0 bridgehead atoms. The molecule has 5 heteroatoms. The molecule has 1 aliphatic rings. The third-order valence-electron chi connectivity index (χ3n) is 4.47. The Balaban J connectivity index is 2.16. The van der Waals surface area contributed by atoms with Gasteiger partial charge < -0.3 is 20.7 Å². The van der Waals surface area contributed by atoms with Crippen molar-refractivity contribution in [3.05, 3.63) is 29.8 Å². The molecule has 1 unspecified atom stereocenters. The summed E-state index contributed by atoms with van der Waals surface area (Å²) in [5.41, 5.74) is 7.69. The number of anilines is 1. The van der Waals surface area contributed by atoms with E-state index < -0.39 is 11.7 Å². The highest BCUT2D eigenvalue weighted by Crippen LogP contribution is 2.33. The number of hydrogen-bond acceptors (Lipinski definition) is 4. The molecular formula is C19H31N3O2. The molecule has 1 atom stereocenters. The topological polar surface area (TPSA) is 67.6 Å². The molecule has 0 aromatic heterocycles. The highest BCUT2D eigenvalue weighted by molar-refractivity contribution is 5.68. The van der Waals surface area contributed by atoms with E-state index in [1.165, 1.54) is 24.1 Å². The Morgan fingerprint density at radius 3 is 2.42 bits per heavy atom. The summed E-state index contributed by atoms with van der Waals surface area (Å²) in [6.45, 7) is 10.7. The van der Waals surface area contributed by atoms with Crippen molar-refractivity contribution in [2.75, 3.05) is 31.1 Å². The number of benzene rings is 1. The van der Waals surface area contributed by atoms with Crippen molar-refractivity contribution in [1.82, 2.24) is 5.32 Å². The number of amides is 1. The van der Waals surface area contributed by atoms with E-state index in [0.717, 1.165) is 13.1 Å². The average molecular weight is 333 g/mol. The number of carbonyl (C=O) groups excluding carboxylic acids is 1. The normalized spacial score (nSPS) is 17.5. The zero-order valence-electron chi connectivity index (χ0n) is 15.4. The SMILES string of the molecule is CC(C)(C)OC(=O)NCC(C)(CN)c1ccccc1N1CCCC1. The maximum absolute atomic E-state index is 12.0.